The van der Waals surface area contributed by atoms with Crippen molar-refractivity contribution in [3.8, 4) is 0 Å². The molecule has 0 fully saturated rings. The summed E-state index contributed by atoms with van der Waals surface area (Å²) in [4.78, 5) is 0. The van der Waals surface area contributed by atoms with Gasteiger partial charge in [-0.3, -0.25) is 0 Å². The van der Waals surface area contributed by atoms with Gasteiger partial charge in [-0.2, -0.15) is 0 Å². The highest BCUT2D eigenvalue weighted by atomic mass is 16.5. The van der Waals surface area contributed by atoms with Crippen LogP contribution >= 0.6 is 0 Å². The smallest absolute Gasteiger partial charge is 0.245 e. The SMILES string of the molecule is Cc1cccc(C[n+]2ccn(COCCCc3ccccc3)c2)c1. The lowest BCUT2D eigenvalue weighted by molar-refractivity contribution is -0.688. The highest BCUT2D eigenvalue weighted by Crippen LogP contribution is 2.04. The van der Waals surface area contributed by atoms with Crippen LogP contribution in [0.2, 0.25) is 0 Å². The fraction of sp³-hybridized carbons (Fsp3) is 0.286. The minimum absolute atomic E-state index is 0.607. The summed E-state index contributed by atoms with van der Waals surface area (Å²) >= 11 is 0. The number of nitrogens with zero attached hydrogens (tertiary/aromatic N) is 2. The molecule has 3 heteroatoms. The van der Waals surface area contributed by atoms with E-state index in [1.54, 1.807) is 0 Å². The molecule has 2 aromatic carbocycles. The van der Waals surface area contributed by atoms with E-state index in [2.05, 4.69) is 89.4 Å². The van der Waals surface area contributed by atoms with Crippen LogP contribution in [0.3, 0.4) is 0 Å². The van der Waals surface area contributed by atoms with E-state index in [4.69, 9.17) is 4.74 Å². The molecule has 0 saturated carbocycles. The van der Waals surface area contributed by atoms with Crippen LogP contribution < -0.4 is 4.57 Å². The van der Waals surface area contributed by atoms with E-state index in [1.165, 1.54) is 16.7 Å². The highest BCUT2D eigenvalue weighted by molar-refractivity contribution is 5.21. The normalized spacial score (nSPS) is 10.9. The summed E-state index contributed by atoms with van der Waals surface area (Å²) in [6, 6.07) is 19.2. The third-order valence-corrected chi connectivity index (χ3v) is 4.03. The van der Waals surface area contributed by atoms with E-state index < -0.39 is 0 Å². The van der Waals surface area contributed by atoms with Gasteiger partial charge in [0.1, 0.15) is 18.9 Å². The Hall–Kier alpha value is -2.39. The van der Waals surface area contributed by atoms with E-state index in [9.17, 15) is 0 Å². The number of benzene rings is 2. The number of rotatable bonds is 8. The molecule has 0 aliphatic carbocycles. The fourth-order valence-electron chi connectivity index (χ4n) is 2.82. The molecule has 3 nitrogen and oxygen atoms in total. The number of ether oxygens (including phenoxy) is 1. The first kappa shape index (κ1) is 16.5. The Kier molecular flexibility index (Phi) is 5.80. The molecule has 0 amide bonds. The molecule has 0 aliphatic heterocycles. The first-order valence-corrected chi connectivity index (χ1v) is 8.52. The van der Waals surface area contributed by atoms with E-state index >= 15 is 0 Å². The molecular weight excluding hydrogens is 296 g/mol. The maximum Gasteiger partial charge on any atom is 0.245 e. The predicted molar refractivity (Wildman–Crippen MR) is 95.6 cm³/mol. The summed E-state index contributed by atoms with van der Waals surface area (Å²) in [6.45, 7) is 4.41. The van der Waals surface area contributed by atoms with Crippen molar-refractivity contribution in [1.82, 2.24) is 4.57 Å². The van der Waals surface area contributed by atoms with Crippen molar-refractivity contribution in [2.24, 2.45) is 0 Å². The van der Waals surface area contributed by atoms with Crippen molar-refractivity contribution < 1.29 is 9.30 Å². The Bertz CT molecular complexity index is 749. The third kappa shape index (κ3) is 5.07. The molecule has 0 N–H and O–H groups in total. The van der Waals surface area contributed by atoms with Gasteiger partial charge in [0.25, 0.3) is 0 Å². The maximum absolute atomic E-state index is 5.77. The molecule has 0 unspecified atom stereocenters. The van der Waals surface area contributed by atoms with Crippen molar-refractivity contribution in [3.63, 3.8) is 0 Å². The quantitative estimate of drug-likeness (QED) is 0.456. The van der Waals surface area contributed by atoms with Crippen molar-refractivity contribution >= 4 is 0 Å². The van der Waals surface area contributed by atoms with E-state index in [0.717, 1.165) is 26.0 Å². The number of imidazole rings is 1. The van der Waals surface area contributed by atoms with E-state index in [0.29, 0.717) is 6.73 Å². The van der Waals surface area contributed by atoms with Crippen LogP contribution in [0.25, 0.3) is 0 Å². The van der Waals surface area contributed by atoms with Crippen LogP contribution in [0.4, 0.5) is 0 Å². The minimum atomic E-state index is 0.607. The van der Waals surface area contributed by atoms with Crippen LogP contribution in [0.5, 0.6) is 0 Å². The molecule has 0 aliphatic rings. The van der Waals surface area contributed by atoms with Gasteiger partial charge in [0.05, 0.1) is 6.61 Å². The summed E-state index contributed by atoms with van der Waals surface area (Å²) in [6.07, 6.45) is 8.37. The van der Waals surface area contributed by atoms with Crippen LogP contribution in [-0.2, 0) is 24.4 Å². The van der Waals surface area contributed by atoms with Crippen LogP contribution in [0.15, 0.2) is 73.3 Å². The van der Waals surface area contributed by atoms with Gasteiger partial charge in [-0.05, 0) is 30.9 Å². The Morgan fingerprint density at radius 3 is 2.67 bits per heavy atom. The van der Waals surface area contributed by atoms with Gasteiger partial charge in [-0.25, -0.2) is 9.13 Å². The second kappa shape index (κ2) is 8.46. The Morgan fingerprint density at radius 2 is 1.83 bits per heavy atom. The summed E-state index contributed by atoms with van der Waals surface area (Å²) in [7, 11) is 0. The van der Waals surface area contributed by atoms with Gasteiger partial charge in [-0.1, -0.05) is 60.2 Å². The fourth-order valence-corrected chi connectivity index (χ4v) is 2.82. The number of hydrogen-bond acceptors (Lipinski definition) is 1. The molecule has 0 saturated heterocycles. The summed E-state index contributed by atoms with van der Waals surface area (Å²) in [5.41, 5.74) is 3.99. The summed E-state index contributed by atoms with van der Waals surface area (Å²) < 4.78 is 10.0. The lowest BCUT2D eigenvalue weighted by Crippen LogP contribution is -2.31. The Labute approximate surface area is 144 Å². The molecule has 1 aromatic heterocycles. The molecule has 0 radical (unpaired) electrons. The van der Waals surface area contributed by atoms with Crippen LogP contribution in [0, 0.1) is 6.92 Å². The molecule has 0 atom stereocenters. The number of hydrogen-bond donors (Lipinski definition) is 0. The van der Waals surface area contributed by atoms with Crippen molar-refractivity contribution in [3.05, 3.63) is 90.0 Å². The van der Waals surface area contributed by atoms with Gasteiger partial charge in [-0.15, -0.1) is 0 Å². The lowest BCUT2D eigenvalue weighted by atomic mass is 10.1. The Morgan fingerprint density at radius 1 is 1.00 bits per heavy atom. The molecule has 0 spiro atoms. The van der Waals surface area contributed by atoms with Gasteiger partial charge < -0.3 is 4.74 Å². The first-order valence-electron chi connectivity index (χ1n) is 8.52. The van der Waals surface area contributed by atoms with Crippen molar-refractivity contribution in [1.29, 1.82) is 0 Å². The number of aryl methyl sites for hydroxylation is 2. The second-order valence-corrected chi connectivity index (χ2v) is 6.22. The predicted octanol–water partition coefficient (Wildman–Crippen LogP) is 3.74. The summed E-state index contributed by atoms with van der Waals surface area (Å²) in [5.74, 6) is 0. The first-order chi connectivity index (χ1) is 11.8. The van der Waals surface area contributed by atoms with Gasteiger partial charge in [0.2, 0.25) is 6.33 Å². The average molecular weight is 321 g/mol. The molecular formula is C21H25N2O+. The average Bonchev–Trinajstić information content (AvgIpc) is 3.03. The third-order valence-electron chi connectivity index (χ3n) is 4.03. The van der Waals surface area contributed by atoms with Gasteiger partial charge in [0.15, 0.2) is 6.73 Å². The zero-order valence-corrected chi connectivity index (χ0v) is 14.3. The van der Waals surface area contributed by atoms with E-state index in [1.807, 2.05) is 0 Å². The second-order valence-electron chi connectivity index (χ2n) is 6.22. The zero-order valence-electron chi connectivity index (χ0n) is 14.3. The molecule has 124 valence electrons. The van der Waals surface area contributed by atoms with Gasteiger partial charge in [0, 0.05) is 0 Å². The summed E-state index contributed by atoms with van der Waals surface area (Å²) in [5, 5.41) is 0. The monoisotopic (exact) mass is 321 g/mol. The molecule has 1 heterocycles. The van der Waals surface area contributed by atoms with Gasteiger partial charge >= 0.3 is 0 Å². The Balaban J connectivity index is 1.40. The van der Waals surface area contributed by atoms with Crippen molar-refractivity contribution in [2.45, 2.75) is 33.0 Å². The minimum Gasteiger partial charge on any atom is -0.342 e. The van der Waals surface area contributed by atoms with E-state index in [-0.39, 0.29) is 0 Å². The molecule has 3 aromatic rings. The lowest BCUT2D eigenvalue weighted by Gasteiger charge is -2.02. The maximum atomic E-state index is 5.77. The standard InChI is InChI=1S/C21H25N2O/c1-19-7-5-10-21(15-19)16-22-12-13-23(17-22)18-24-14-6-11-20-8-3-2-4-9-20/h2-5,7-10,12-13,15,17H,6,11,14,16,18H2,1H3/q+1. The molecule has 3 rings (SSSR count). The number of aromatic nitrogens is 2. The topological polar surface area (TPSA) is 18.0 Å². The van der Waals surface area contributed by atoms with Crippen molar-refractivity contribution in [2.75, 3.05) is 6.61 Å². The highest BCUT2D eigenvalue weighted by Gasteiger charge is 2.05. The van der Waals surface area contributed by atoms with Crippen LogP contribution in [-0.4, -0.2) is 11.2 Å². The molecule has 0 bridgehead atoms. The van der Waals surface area contributed by atoms with Crippen LogP contribution in [0.1, 0.15) is 23.1 Å². The zero-order chi connectivity index (χ0) is 16.6. The largest absolute Gasteiger partial charge is 0.342 e. The molecule has 24 heavy (non-hydrogen) atoms.